The maximum atomic E-state index is 9.55. The van der Waals surface area contributed by atoms with Crippen molar-refractivity contribution in [3.63, 3.8) is 0 Å². The maximum Gasteiger partial charge on any atom is 0.246 e. The number of hydrogen-bond acceptors (Lipinski definition) is 6. The van der Waals surface area contributed by atoms with E-state index in [2.05, 4.69) is 9.97 Å². The molecule has 7 heteroatoms. The lowest BCUT2D eigenvalue weighted by Crippen LogP contribution is -2.03. The minimum absolute atomic E-state index is 0.0567. The predicted octanol–water partition coefficient (Wildman–Crippen LogP) is 0.696. The highest BCUT2D eigenvalue weighted by Gasteiger charge is 2.13. The molecule has 0 amide bonds. The van der Waals surface area contributed by atoms with E-state index in [0.717, 1.165) is 4.57 Å². The molecule has 0 saturated heterocycles. The predicted molar refractivity (Wildman–Crippen MR) is 57.8 cm³/mol. The molecule has 0 aliphatic rings. The molecule has 0 aliphatic carbocycles. The van der Waals surface area contributed by atoms with Crippen LogP contribution in [0.2, 0.25) is 0 Å². The summed E-state index contributed by atoms with van der Waals surface area (Å²) in [7, 11) is 2.89. The van der Waals surface area contributed by atoms with Crippen LogP contribution >= 0.6 is 0 Å². The van der Waals surface area contributed by atoms with E-state index in [-0.39, 0.29) is 29.5 Å². The lowest BCUT2D eigenvalue weighted by atomic mass is 10.6. The molecule has 2 aromatic rings. The van der Waals surface area contributed by atoms with Gasteiger partial charge < -0.3 is 19.7 Å². The lowest BCUT2D eigenvalue weighted by molar-refractivity contribution is 0.363. The maximum absolute atomic E-state index is 9.55. The van der Waals surface area contributed by atoms with E-state index < -0.39 is 0 Å². The summed E-state index contributed by atoms with van der Waals surface area (Å²) < 4.78 is 11.0. The van der Waals surface area contributed by atoms with E-state index in [0.29, 0.717) is 0 Å². The molecule has 0 aliphatic heterocycles. The Hall–Kier alpha value is -2.44. The summed E-state index contributed by atoms with van der Waals surface area (Å²) in [5, 5.41) is 19.1. The van der Waals surface area contributed by atoms with Crippen molar-refractivity contribution < 1.29 is 19.7 Å². The number of hydrogen-bond donors (Lipinski definition) is 2. The first kappa shape index (κ1) is 11.1. The van der Waals surface area contributed by atoms with Gasteiger partial charge in [0, 0.05) is 12.1 Å². The second-order valence-electron chi connectivity index (χ2n) is 3.14. The normalized spacial score (nSPS) is 10.2. The standard InChI is InChI=1S/C10H11N3O4/c1-16-6-5-7(17-2)12-10(11-6)13-8(14)3-4-9(13)15/h3-5,14-15H,1-2H3. The third-order valence-electron chi connectivity index (χ3n) is 2.13. The van der Waals surface area contributed by atoms with Crippen molar-refractivity contribution in [3.05, 3.63) is 18.2 Å². The first-order valence-electron chi connectivity index (χ1n) is 4.73. The first-order chi connectivity index (χ1) is 8.15. The molecule has 7 nitrogen and oxygen atoms in total. The summed E-state index contributed by atoms with van der Waals surface area (Å²) >= 11 is 0. The number of nitrogens with zero attached hydrogens (tertiary/aromatic N) is 3. The molecule has 0 fully saturated rings. The first-order valence-corrected chi connectivity index (χ1v) is 4.73. The average Bonchev–Trinajstić information content (AvgIpc) is 2.68. The Labute approximate surface area is 96.9 Å². The van der Waals surface area contributed by atoms with Crippen molar-refractivity contribution >= 4 is 0 Å². The van der Waals surface area contributed by atoms with Gasteiger partial charge in [-0.15, -0.1) is 0 Å². The van der Waals surface area contributed by atoms with Crippen LogP contribution in [0, 0.1) is 0 Å². The van der Waals surface area contributed by atoms with Gasteiger partial charge in [0.15, 0.2) is 0 Å². The number of methoxy groups -OCH3 is 2. The second kappa shape index (κ2) is 4.20. The molecular weight excluding hydrogens is 226 g/mol. The van der Waals surface area contributed by atoms with Crippen molar-refractivity contribution in [3.8, 4) is 29.5 Å². The van der Waals surface area contributed by atoms with Gasteiger partial charge in [-0.05, 0) is 0 Å². The number of aromatic nitrogens is 3. The van der Waals surface area contributed by atoms with Crippen molar-refractivity contribution in [1.29, 1.82) is 0 Å². The summed E-state index contributed by atoms with van der Waals surface area (Å²) in [6.07, 6.45) is 0. The molecule has 0 unspecified atom stereocenters. The van der Waals surface area contributed by atoms with Crippen molar-refractivity contribution in [2.45, 2.75) is 0 Å². The van der Waals surface area contributed by atoms with E-state index >= 15 is 0 Å². The molecule has 90 valence electrons. The molecule has 2 rings (SSSR count). The Morgan fingerprint density at radius 1 is 1.00 bits per heavy atom. The fourth-order valence-electron chi connectivity index (χ4n) is 1.32. The highest BCUT2D eigenvalue weighted by Crippen LogP contribution is 2.26. The SMILES string of the molecule is COc1cc(OC)nc(-n2c(O)ccc2O)n1. The Kier molecular flexibility index (Phi) is 2.73. The minimum atomic E-state index is -0.183. The third kappa shape index (κ3) is 1.94. The summed E-state index contributed by atoms with van der Waals surface area (Å²) in [5.41, 5.74) is 0. The van der Waals surface area contributed by atoms with E-state index in [1.807, 2.05) is 0 Å². The van der Waals surface area contributed by atoms with Gasteiger partial charge in [-0.2, -0.15) is 9.97 Å². The van der Waals surface area contributed by atoms with Gasteiger partial charge in [-0.3, -0.25) is 0 Å². The van der Waals surface area contributed by atoms with Crippen LogP contribution in [0.4, 0.5) is 0 Å². The zero-order valence-corrected chi connectivity index (χ0v) is 9.28. The Morgan fingerprint density at radius 3 is 1.88 bits per heavy atom. The Morgan fingerprint density at radius 2 is 1.47 bits per heavy atom. The summed E-state index contributed by atoms with van der Waals surface area (Å²) in [6, 6.07) is 4.14. The molecular formula is C10H11N3O4. The molecule has 0 radical (unpaired) electrons. The van der Waals surface area contributed by atoms with E-state index in [1.165, 1.54) is 32.4 Å². The average molecular weight is 237 g/mol. The summed E-state index contributed by atoms with van der Waals surface area (Å²) in [4.78, 5) is 7.99. The quantitative estimate of drug-likeness (QED) is 0.816. The number of rotatable bonds is 3. The van der Waals surface area contributed by atoms with Crippen molar-refractivity contribution in [2.24, 2.45) is 0 Å². The monoisotopic (exact) mass is 237 g/mol. The molecule has 2 aromatic heterocycles. The van der Waals surface area contributed by atoms with Gasteiger partial charge in [0.25, 0.3) is 0 Å². The van der Waals surface area contributed by atoms with Gasteiger partial charge in [0.05, 0.1) is 20.3 Å². The molecule has 0 atom stereocenters. The summed E-state index contributed by atoms with van der Waals surface area (Å²) in [5.74, 6) is 0.218. The highest BCUT2D eigenvalue weighted by molar-refractivity contribution is 5.36. The zero-order valence-electron chi connectivity index (χ0n) is 9.28. The molecule has 17 heavy (non-hydrogen) atoms. The molecule has 0 aromatic carbocycles. The van der Waals surface area contributed by atoms with Gasteiger partial charge in [0.1, 0.15) is 0 Å². The Bertz CT molecular complexity index is 497. The van der Waals surface area contributed by atoms with E-state index in [9.17, 15) is 10.2 Å². The molecule has 2 heterocycles. The molecule has 0 bridgehead atoms. The van der Waals surface area contributed by atoms with E-state index in [1.54, 1.807) is 0 Å². The molecule has 2 N–H and O–H groups in total. The zero-order chi connectivity index (χ0) is 12.4. The number of aromatic hydroxyl groups is 2. The Balaban J connectivity index is 2.58. The van der Waals surface area contributed by atoms with Gasteiger partial charge >= 0.3 is 0 Å². The topological polar surface area (TPSA) is 89.6 Å². The van der Waals surface area contributed by atoms with Crippen LogP contribution in [0.3, 0.4) is 0 Å². The van der Waals surface area contributed by atoms with Crippen LogP contribution in [-0.2, 0) is 0 Å². The second-order valence-corrected chi connectivity index (χ2v) is 3.14. The van der Waals surface area contributed by atoms with Crippen LogP contribution in [0.5, 0.6) is 23.5 Å². The molecule has 0 spiro atoms. The van der Waals surface area contributed by atoms with Crippen LogP contribution in [-0.4, -0.2) is 39.0 Å². The lowest BCUT2D eigenvalue weighted by Gasteiger charge is -2.08. The fourth-order valence-corrected chi connectivity index (χ4v) is 1.32. The largest absolute Gasteiger partial charge is 0.494 e. The highest BCUT2D eigenvalue weighted by atomic mass is 16.5. The van der Waals surface area contributed by atoms with Crippen LogP contribution in [0.15, 0.2) is 18.2 Å². The fraction of sp³-hybridized carbons (Fsp3) is 0.200. The smallest absolute Gasteiger partial charge is 0.246 e. The third-order valence-corrected chi connectivity index (χ3v) is 2.13. The van der Waals surface area contributed by atoms with Crippen LogP contribution < -0.4 is 9.47 Å². The van der Waals surface area contributed by atoms with Gasteiger partial charge in [0.2, 0.25) is 29.5 Å². The van der Waals surface area contributed by atoms with Crippen LogP contribution in [0.25, 0.3) is 5.95 Å². The molecule has 0 saturated carbocycles. The summed E-state index contributed by atoms with van der Waals surface area (Å²) in [6.45, 7) is 0. The van der Waals surface area contributed by atoms with Gasteiger partial charge in [-0.1, -0.05) is 0 Å². The van der Waals surface area contributed by atoms with Crippen molar-refractivity contribution in [2.75, 3.05) is 14.2 Å². The number of ether oxygens (including phenoxy) is 2. The van der Waals surface area contributed by atoms with E-state index in [4.69, 9.17) is 9.47 Å². The minimum Gasteiger partial charge on any atom is -0.494 e. The van der Waals surface area contributed by atoms with Crippen molar-refractivity contribution in [1.82, 2.24) is 14.5 Å². The van der Waals surface area contributed by atoms with Crippen LogP contribution in [0.1, 0.15) is 0 Å². The van der Waals surface area contributed by atoms with Gasteiger partial charge in [-0.25, -0.2) is 4.57 Å².